The number of carbonyl (C=O) groups excluding carboxylic acids is 1. The molecule has 1 amide bonds. The Balaban J connectivity index is 2.23. The van der Waals surface area contributed by atoms with Crippen molar-refractivity contribution in [1.82, 2.24) is 5.32 Å². The van der Waals surface area contributed by atoms with E-state index in [0.29, 0.717) is 18.6 Å². The first-order valence-electron chi connectivity index (χ1n) is 7.10. The van der Waals surface area contributed by atoms with Crippen molar-refractivity contribution in [2.75, 3.05) is 0 Å². The molecular weight excluding hydrogens is 337 g/mol. The van der Waals surface area contributed by atoms with Gasteiger partial charge in [0, 0.05) is 12.0 Å². The maximum atomic E-state index is 13.7. The lowest BCUT2D eigenvalue weighted by atomic mass is 9.66. The molecule has 1 aliphatic carbocycles. The van der Waals surface area contributed by atoms with Crippen LogP contribution in [0.5, 0.6) is 0 Å². The molecule has 132 valence electrons. The van der Waals surface area contributed by atoms with Gasteiger partial charge in [-0.15, -0.1) is 0 Å². The summed E-state index contributed by atoms with van der Waals surface area (Å²) in [5.41, 5.74) is -2.45. The van der Waals surface area contributed by atoms with E-state index in [-0.39, 0.29) is 12.8 Å². The number of hydrogen-bond donors (Lipinski definition) is 2. The fourth-order valence-corrected chi connectivity index (χ4v) is 2.67. The van der Waals surface area contributed by atoms with E-state index in [1.807, 2.05) is 0 Å². The molecular formula is C15H14F5NO3. The van der Waals surface area contributed by atoms with E-state index in [0.717, 1.165) is 6.07 Å². The van der Waals surface area contributed by atoms with E-state index in [1.54, 1.807) is 5.32 Å². The summed E-state index contributed by atoms with van der Waals surface area (Å²) in [6, 6.07) is -0.496. The molecule has 1 atom stereocenters. The Morgan fingerprint density at radius 2 is 1.88 bits per heavy atom. The van der Waals surface area contributed by atoms with Gasteiger partial charge in [0.2, 0.25) is 5.91 Å². The van der Waals surface area contributed by atoms with Crippen molar-refractivity contribution in [2.24, 2.45) is 5.41 Å². The van der Waals surface area contributed by atoms with Crippen LogP contribution in [0.2, 0.25) is 0 Å². The van der Waals surface area contributed by atoms with Crippen LogP contribution < -0.4 is 5.32 Å². The predicted molar refractivity (Wildman–Crippen MR) is 71.8 cm³/mol. The molecule has 1 aromatic rings. The second-order valence-corrected chi connectivity index (χ2v) is 5.80. The molecule has 0 bridgehead atoms. The summed E-state index contributed by atoms with van der Waals surface area (Å²) in [5, 5.41) is 10.7. The number of carboxylic acid groups (broad SMARTS) is 1. The average Bonchev–Trinajstić information content (AvgIpc) is 2.42. The first-order valence-corrected chi connectivity index (χ1v) is 7.10. The molecule has 1 saturated carbocycles. The molecule has 0 saturated heterocycles. The number of amides is 1. The largest absolute Gasteiger partial charge is 0.481 e. The van der Waals surface area contributed by atoms with Gasteiger partial charge in [0.15, 0.2) is 17.7 Å². The third kappa shape index (κ3) is 3.49. The summed E-state index contributed by atoms with van der Waals surface area (Å²) in [5.74, 6) is -5.62. The highest BCUT2D eigenvalue weighted by Gasteiger charge is 2.48. The number of alkyl halides is 3. The van der Waals surface area contributed by atoms with Crippen LogP contribution in [0.4, 0.5) is 22.0 Å². The monoisotopic (exact) mass is 351 g/mol. The zero-order valence-corrected chi connectivity index (χ0v) is 12.3. The average molecular weight is 351 g/mol. The highest BCUT2D eigenvalue weighted by molar-refractivity contribution is 5.85. The van der Waals surface area contributed by atoms with Crippen LogP contribution in [0.1, 0.15) is 37.3 Å². The maximum absolute atomic E-state index is 13.7. The number of rotatable bonds is 5. The van der Waals surface area contributed by atoms with E-state index in [4.69, 9.17) is 5.11 Å². The number of benzene rings is 1. The molecule has 24 heavy (non-hydrogen) atoms. The maximum Gasteiger partial charge on any atom is 0.412 e. The van der Waals surface area contributed by atoms with Crippen LogP contribution in [-0.2, 0) is 9.59 Å². The summed E-state index contributed by atoms with van der Waals surface area (Å²) >= 11 is 0. The smallest absolute Gasteiger partial charge is 0.412 e. The van der Waals surface area contributed by atoms with Gasteiger partial charge in [0.05, 0.1) is 5.41 Å². The van der Waals surface area contributed by atoms with Gasteiger partial charge in [-0.2, -0.15) is 13.2 Å². The summed E-state index contributed by atoms with van der Waals surface area (Å²) in [6.07, 6.45) is -4.80. The predicted octanol–water partition coefficient (Wildman–Crippen LogP) is 3.33. The fraction of sp³-hybridized carbons (Fsp3) is 0.467. The van der Waals surface area contributed by atoms with Crippen molar-refractivity contribution < 1.29 is 36.6 Å². The number of carbonyl (C=O) groups is 2. The van der Waals surface area contributed by atoms with Crippen LogP contribution in [-0.4, -0.2) is 23.2 Å². The summed E-state index contributed by atoms with van der Waals surface area (Å²) < 4.78 is 66.3. The van der Waals surface area contributed by atoms with E-state index in [2.05, 4.69) is 0 Å². The zero-order chi connectivity index (χ0) is 18.1. The van der Waals surface area contributed by atoms with Gasteiger partial charge in [-0.05, 0) is 18.9 Å². The second kappa shape index (κ2) is 6.37. The minimum atomic E-state index is -5.07. The molecule has 2 rings (SSSR count). The Labute approximate surface area is 133 Å². The molecule has 1 fully saturated rings. The van der Waals surface area contributed by atoms with Gasteiger partial charge in [-0.1, -0.05) is 18.6 Å². The minimum Gasteiger partial charge on any atom is -0.481 e. The quantitative estimate of drug-likeness (QED) is 0.800. The van der Waals surface area contributed by atoms with Gasteiger partial charge in [-0.25, -0.2) is 8.78 Å². The highest BCUT2D eigenvalue weighted by atomic mass is 19.4. The van der Waals surface area contributed by atoms with E-state index >= 15 is 0 Å². The van der Waals surface area contributed by atoms with Gasteiger partial charge in [0.1, 0.15) is 0 Å². The van der Waals surface area contributed by atoms with Crippen molar-refractivity contribution in [3.8, 4) is 0 Å². The lowest BCUT2D eigenvalue weighted by Crippen LogP contribution is -2.45. The molecule has 0 radical (unpaired) electrons. The molecule has 9 heteroatoms. The van der Waals surface area contributed by atoms with Crippen molar-refractivity contribution in [3.05, 3.63) is 35.4 Å². The molecule has 4 nitrogen and oxygen atoms in total. The number of nitrogens with one attached hydrogen (secondary N) is 1. The fourth-order valence-electron chi connectivity index (χ4n) is 2.67. The summed E-state index contributed by atoms with van der Waals surface area (Å²) in [4.78, 5) is 23.1. The van der Waals surface area contributed by atoms with Crippen molar-refractivity contribution in [3.63, 3.8) is 0 Å². The van der Waals surface area contributed by atoms with Crippen LogP contribution in [0.15, 0.2) is 18.2 Å². The molecule has 0 aromatic heterocycles. The highest BCUT2D eigenvalue weighted by Crippen LogP contribution is 2.44. The molecule has 1 aliphatic rings. The van der Waals surface area contributed by atoms with Crippen LogP contribution >= 0.6 is 0 Å². The Morgan fingerprint density at radius 3 is 2.33 bits per heavy atom. The Kier molecular flexibility index (Phi) is 4.82. The van der Waals surface area contributed by atoms with Crippen LogP contribution in [0.25, 0.3) is 0 Å². The lowest BCUT2D eigenvalue weighted by Gasteiger charge is -2.37. The number of hydrogen-bond acceptors (Lipinski definition) is 2. The molecule has 0 spiro atoms. The molecule has 0 aliphatic heterocycles. The first kappa shape index (κ1) is 18.2. The Morgan fingerprint density at radius 1 is 1.25 bits per heavy atom. The van der Waals surface area contributed by atoms with Gasteiger partial charge in [-0.3, -0.25) is 9.59 Å². The van der Waals surface area contributed by atoms with E-state index in [9.17, 15) is 31.5 Å². The normalized spacial score (nSPS) is 17.7. The molecule has 1 unspecified atom stereocenters. The zero-order valence-electron chi connectivity index (χ0n) is 12.3. The van der Waals surface area contributed by atoms with Gasteiger partial charge in [0.25, 0.3) is 0 Å². The van der Waals surface area contributed by atoms with Crippen molar-refractivity contribution >= 4 is 11.9 Å². The Bertz CT molecular complexity index is 655. The van der Waals surface area contributed by atoms with E-state index < -0.39 is 53.1 Å². The van der Waals surface area contributed by atoms with Crippen molar-refractivity contribution in [1.29, 1.82) is 0 Å². The minimum absolute atomic E-state index is 0.181. The van der Waals surface area contributed by atoms with Gasteiger partial charge < -0.3 is 10.4 Å². The molecule has 0 heterocycles. The van der Waals surface area contributed by atoms with E-state index in [1.165, 1.54) is 0 Å². The van der Waals surface area contributed by atoms with Crippen LogP contribution in [0.3, 0.4) is 0 Å². The molecule has 2 N–H and O–H groups in total. The number of halogens is 5. The third-order valence-electron chi connectivity index (χ3n) is 4.19. The summed E-state index contributed by atoms with van der Waals surface area (Å²) in [6.45, 7) is 0. The lowest BCUT2D eigenvalue weighted by molar-refractivity contribution is -0.167. The van der Waals surface area contributed by atoms with Crippen molar-refractivity contribution in [2.45, 2.75) is 37.9 Å². The van der Waals surface area contributed by atoms with Gasteiger partial charge >= 0.3 is 12.1 Å². The number of aliphatic carboxylic acids is 1. The molecule has 1 aromatic carbocycles. The number of carboxylic acids is 1. The Hall–Kier alpha value is -2.19. The second-order valence-electron chi connectivity index (χ2n) is 5.80. The SMILES string of the molecule is O=C(CC1(C(=O)O)CCC1)NC(c1cccc(F)c1F)C(F)(F)F. The standard InChI is InChI=1S/C15H14F5NO3/c16-9-4-1-3-8(11(9)17)12(15(18,19)20)21-10(22)7-14(13(23)24)5-2-6-14/h1,3-4,12H,2,5-7H2,(H,21,22)(H,23,24). The van der Waals surface area contributed by atoms with Crippen LogP contribution in [0, 0.1) is 17.0 Å². The summed E-state index contributed by atoms with van der Waals surface area (Å²) in [7, 11) is 0. The topological polar surface area (TPSA) is 66.4 Å². The third-order valence-corrected chi connectivity index (χ3v) is 4.19. The first-order chi connectivity index (χ1) is 11.1.